The van der Waals surface area contributed by atoms with E-state index in [0.717, 1.165) is 16.6 Å². The van der Waals surface area contributed by atoms with Gasteiger partial charge in [-0.1, -0.05) is 17.7 Å². The molecule has 20 heavy (non-hydrogen) atoms. The van der Waals surface area contributed by atoms with Gasteiger partial charge in [0.2, 0.25) is 0 Å². The molecule has 0 aliphatic rings. The summed E-state index contributed by atoms with van der Waals surface area (Å²) in [6.07, 6.45) is 1.86. The summed E-state index contributed by atoms with van der Waals surface area (Å²) in [5.74, 6) is 0. The van der Waals surface area contributed by atoms with Crippen molar-refractivity contribution in [1.29, 1.82) is 0 Å². The van der Waals surface area contributed by atoms with Crippen LogP contribution in [-0.2, 0) is 6.54 Å². The van der Waals surface area contributed by atoms with E-state index in [1.807, 2.05) is 18.5 Å². The molecule has 1 heterocycles. The number of hydrogen-bond acceptors (Lipinski definition) is 2. The van der Waals surface area contributed by atoms with Crippen LogP contribution in [-0.4, -0.2) is 9.55 Å². The molecule has 2 aromatic carbocycles. The highest BCUT2D eigenvalue weighted by molar-refractivity contribution is 6.30. The predicted molar refractivity (Wildman–Crippen MR) is 84.2 cm³/mol. The van der Waals surface area contributed by atoms with E-state index in [2.05, 4.69) is 35.5 Å². The van der Waals surface area contributed by atoms with Gasteiger partial charge in [0.25, 0.3) is 0 Å². The van der Waals surface area contributed by atoms with E-state index >= 15 is 0 Å². The van der Waals surface area contributed by atoms with Crippen LogP contribution in [0.1, 0.15) is 16.7 Å². The van der Waals surface area contributed by atoms with Crippen molar-refractivity contribution >= 4 is 28.3 Å². The molecule has 0 aliphatic heterocycles. The second kappa shape index (κ2) is 4.84. The molecular weight excluding hydrogens is 270 g/mol. The Morgan fingerprint density at radius 1 is 1.15 bits per heavy atom. The number of hydrogen-bond donors (Lipinski definition) is 1. The van der Waals surface area contributed by atoms with E-state index in [1.165, 1.54) is 11.1 Å². The fourth-order valence-electron chi connectivity index (χ4n) is 2.33. The highest BCUT2D eigenvalue weighted by Gasteiger charge is 2.07. The maximum Gasteiger partial charge on any atom is 0.0961 e. The first-order valence-corrected chi connectivity index (χ1v) is 6.88. The van der Waals surface area contributed by atoms with Gasteiger partial charge in [-0.15, -0.1) is 0 Å². The first-order chi connectivity index (χ1) is 9.54. The number of aromatic nitrogens is 2. The van der Waals surface area contributed by atoms with Crippen LogP contribution in [0, 0.1) is 13.8 Å². The average Bonchev–Trinajstić information content (AvgIpc) is 2.76. The van der Waals surface area contributed by atoms with Crippen molar-refractivity contribution < 1.29 is 0 Å². The van der Waals surface area contributed by atoms with Crippen LogP contribution in [0.3, 0.4) is 0 Å². The fourth-order valence-corrected chi connectivity index (χ4v) is 2.51. The molecule has 4 heteroatoms. The fraction of sp³-hybridized carbons (Fsp3) is 0.188. The lowest BCUT2D eigenvalue weighted by atomic mass is 10.1. The molecule has 0 amide bonds. The van der Waals surface area contributed by atoms with Gasteiger partial charge in [-0.05, 0) is 54.8 Å². The summed E-state index contributed by atoms with van der Waals surface area (Å²) < 4.78 is 2.11. The lowest BCUT2D eigenvalue weighted by Crippen LogP contribution is -2.02. The van der Waals surface area contributed by atoms with Crippen molar-refractivity contribution in [3.05, 3.63) is 58.4 Å². The molecular formula is C16H16ClN3. The van der Waals surface area contributed by atoms with E-state index in [0.29, 0.717) is 17.3 Å². The molecule has 2 N–H and O–H groups in total. The molecule has 0 atom stereocenters. The zero-order chi connectivity index (χ0) is 14.3. The van der Waals surface area contributed by atoms with Crippen molar-refractivity contribution in [3.63, 3.8) is 0 Å². The molecule has 0 radical (unpaired) electrons. The summed E-state index contributed by atoms with van der Waals surface area (Å²) in [7, 11) is 0. The number of anilines is 1. The smallest absolute Gasteiger partial charge is 0.0961 e. The Morgan fingerprint density at radius 3 is 2.65 bits per heavy atom. The quantitative estimate of drug-likeness (QED) is 0.725. The maximum atomic E-state index is 6.02. The molecule has 3 aromatic rings. The third-order valence-electron chi connectivity index (χ3n) is 3.69. The lowest BCUT2D eigenvalue weighted by molar-refractivity contribution is 0.826. The highest BCUT2D eigenvalue weighted by atomic mass is 35.5. The predicted octanol–water partition coefficient (Wildman–Crippen LogP) is 3.94. The van der Waals surface area contributed by atoms with Crippen molar-refractivity contribution in [3.8, 4) is 0 Å². The van der Waals surface area contributed by atoms with Crippen LogP contribution in [0.4, 0.5) is 5.69 Å². The molecule has 0 saturated heterocycles. The topological polar surface area (TPSA) is 43.8 Å². The molecule has 0 bridgehead atoms. The number of benzene rings is 2. The van der Waals surface area contributed by atoms with Gasteiger partial charge in [-0.3, -0.25) is 0 Å². The van der Waals surface area contributed by atoms with Crippen molar-refractivity contribution in [1.82, 2.24) is 9.55 Å². The Bertz CT molecular complexity index is 790. The Morgan fingerprint density at radius 2 is 1.90 bits per heavy atom. The largest absolute Gasteiger partial charge is 0.398 e. The normalized spacial score (nSPS) is 11.2. The number of nitrogens with zero attached hydrogens (tertiary/aromatic N) is 2. The Kier molecular flexibility index (Phi) is 3.14. The van der Waals surface area contributed by atoms with Gasteiger partial charge in [-0.25, -0.2) is 4.98 Å². The summed E-state index contributed by atoms with van der Waals surface area (Å²) >= 11 is 5.93. The Hall–Kier alpha value is -2.00. The van der Waals surface area contributed by atoms with Crippen molar-refractivity contribution in [2.45, 2.75) is 20.4 Å². The molecule has 0 saturated carbocycles. The van der Waals surface area contributed by atoms with E-state index < -0.39 is 0 Å². The van der Waals surface area contributed by atoms with Gasteiger partial charge in [0.05, 0.1) is 23.9 Å². The van der Waals surface area contributed by atoms with Crippen molar-refractivity contribution in [2.75, 3.05) is 5.73 Å². The molecule has 1 aromatic heterocycles. The average molecular weight is 286 g/mol. The number of imidazole rings is 1. The SMILES string of the molecule is Cc1cc2ncn(Cc3ccc(Cl)cc3N)c2cc1C. The molecule has 3 nitrogen and oxygen atoms in total. The number of aryl methyl sites for hydroxylation is 2. The Labute approximate surface area is 123 Å². The minimum absolute atomic E-state index is 0.660. The standard InChI is InChI=1S/C16H16ClN3/c1-10-5-15-16(6-11(10)2)20(9-19-15)8-12-3-4-13(17)7-14(12)18/h3-7,9H,8,18H2,1-2H3. The first kappa shape index (κ1) is 13.0. The van der Waals surface area contributed by atoms with Crippen molar-refractivity contribution in [2.24, 2.45) is 0 Å². The molecule has 0 aliphatic carbocycles. The first-order valence-electron chi connectivity index (χ1n) is 6.50. The summed E-state index contributed by atoms with van der Waals surface area (Å²) in [5, 5.41) is 0.660. The Balaban J connectivity index is 2.04. The van der Waals surface area contributed by atoms with Crippen LogP contribution in [0.2, 0.25) is 5.02 Å². The zero-order valence-electron chi connectivity index (χ0n) is 11.5. The van der Waals surface area contributed by atoms with Crippen LogP contribution in [0.5, 0.6) is 0 Å². The summed E-state index contributed by atoms with van der Waals surface area (Å²) in [6.45, 7) is 4.91. The number of nitrogens with two attached hydrogens (primary N) is 1. The van der Waals surface area contributed by atoms with Gasteiger partial charge < -0.3 is 10.3 Å². The third kappa shape index (κ3) is 2.25. The molecule has 102 valence electrons. The second-order valence-electron chi connectivity index (χ2n) is 5.14. The second-order valence-corrected chi connectivity index (χ2v) is 5.58. The molecule has 0 fully saturated rings. The van der Waals surface area contributed by atoms with E-state index in [-0.39, 0.29) is 0 Å². The minimum atomic E-state index is 0.660. The van der Waals surface area contributed by atoms with Crippen LogP contribution >= 0.6 is 11.6 Å². The summed E-state index contributed by atoms with van der Waals surface area (Å²) in [4.78, 5) is 4.46. The van der Waals surface area contributed by atoms with E-state index in [9.17, 15) is 0 Å². The lowest BCUT2D eigenvalue weighted by Gasteiger charge is -2.09. The maximum absolute atomic E-state index is 6.02. The molecule has 3 rings (SSSR count). The number of halogens is 1. The van der Waals surface area contributed by atoms with Crippen LogP contribution in [0.15, 0.2) is 36.7 Å². The van der Waals surface area contributed by atoms with Gasteiger partial charge in [-0.2, -0.15) is 0 Å². The summed E-state index contributed by atoms with van der Waals surface area (Å²) in [5.41, 5.74) is 12.4. The van der Waals surface area contributed by atoms with Crippen LogP contribution < -0.4 is 5.73 Å². The number of fused-ring (bicyclic) bond motifs is 1. The number of rotatable bonds is 2. The van der Waals surface area contributed by atoms with Gasteiger partial charge in [0.15, 0.2) is 0 Å². The molecule has 0 spiro atoms. The van der Waals surface area contributed by atoms with Gasteiger partial charge in [0, 0.05) is 10.7 Å². The number of nitrogen functional groups attached to an aromatic ring is 1. The van der Waals surface area contributed by atoms with E-state index in [4.69, 9.17) is 17.3 Å². The third-order valence-corrected chi connectivity index (χ3v) is 3.92. The molecule has 0 unspecified atom stereocenters. The monoisotopic (exact) mass is 285 g/mol. The van der Waals surface area contributed by atoms with Gasteiger partial charge in [0.1, 0.15) is 0 Å². The zero-order valence-corrected chi connectivity index (χ0v) is 12.3. The minimum Gasteiger partial charge on any atom is -0.398 e. The highest BCUT2D eigenvalue weighted by Crippen LogP contribution is 2.22. The van der Waals surface area contributed by atoms with E-state index in [1.54, 1.807) is 6.07 Å². The summed E-state index contributed by atoms with van der Waals surface area (Å²) in [6, 6.07) is 9.90. The van der Waals surface area contributed by atoms with Crippen LogP contribution in [0.25, 0.3) is 11.0 Å². The van der Waals surface area contributed by atoms with Gasteiger partial charge >= 0.3 is 0 Å².